The first kappa shape index (κ1) is 15.3. The summed E-state index contributed by atoms with van der Waals surface area (Å²) in [6, 6.07) is 5.51. The third kappa shape index (κ3) is 3.51. The number of aromatic nitrogens is 1. The van der Waals surface area contributed by atoms with Crippen molar-refractivity contribution in [3.05, 3.63) is 24.0 Å². The normalized spacial score (nSPS) is 21.6. The highest BCUT2D eigenvalue weighted by Gasteiger charge is 2.20. The maximum Gasteiger partial charge on any atom is 0.0574 e. The van der Waals surface area contributed by atoms with Crippen molar-refractivity contribution in [1.29, 1.82) is 0 Å². The molecule has 112 valence electrons. The van der Waals surface area contributed by atoms with Crippen LogP contribution in [0.15, 0.2) is 18.3 Å². The summed E-state index contributed by atoms with van der Waals surface area (Å²) < 4.78 is 0. The molecule has 0 amide bonds. The highest BCUT2D eigenvalue weighted by molar-refractivity contribution is 5.46. The standard InChI is InChI=1S/C17H29N3/c1-4-14-9-7-6-8-12-20(14)15-10-11-17(19-13-15)16(5-2)18-3/h10-11,13-14,16,18H,4-9,12H2,1-3H3. The smallest absolute Gasteiger partial charge is 0.0574 e. The van der Waals surface area contributed by atoms with E-state index in [1.807, 2.05) is 7.05 Å². The van der Waals surface area contributed by atoms with Gasteiger partial charge in [0.1, 0.15) is 0 Å². The number of rotatable bonds is 5. The number of hydrogen-bond acceptors (Lipinski definition) is 3. The molecular weight excluding hydrogens is 246 g/mol. The molecule has 1 aromatic heterocycles. The summed E-state index contributed by atoms with van der Waals surface area (Å²) in [7, 11) is 2.01. The molecule has 20 heavy (non-hydrogen) atoms. The number of anilines is 1. The Bertz CT molecular complexity index is 384. The minimum absolute atomic E-state index is 0.371. The highest BCUT2D eigenvalue weighted by atomic mass is 15.2. The zero-order valence-electron chi connectivity index (χ0n) is 13.2. The van der Waals surface area contributed by atoms with E-state index in [-0.39, 0.29) is 0 Å². The Kier molecular flexibility index (Phi) is 5.84. The van der Waals surface area contributed by atoms with Gasteiger partial charge in [-0.3, -0.25) is 4.98 Å². The number of hydrogen-bond donors (Lipinski definition) is 1. The molecule has 3 heteroatoms. The first-order valence-corrected chi connectivity index (χ1v) is 8.20. The maximum atomic E-state index is 4.69. The second-order valence-corrected chi connectivity index (χ2v) is 5.80. The third-order valence-corrected chi connectivity index (χ3v) is 4.56. The molecule has 1 fully saturated rings. The Balaban J connectivity index is 2.14. The van der Waals surface area contributed by atoms with Gasteiger partial charge in [-0.1, -0.05) is 26.7 Å². The lowest BCUT2D eigenvalue weighted by Crippen LogP contribution is -2.34. The average molecular weight is 275 g/mol. The molecule has 0 aromatic carbocycles. The van der Waals surface area contributed by atoms with E-state index in [0.29, 0.717) is 12.1 Å². The van der Waals surface area contributed by atoms with Crippen LogP contribution in [0.5, 0.6) is 0 Å². The molecule has 1 aromatic rings. The molecule has 1 N–H and O–H groups in total. The maximum absolute atomic E-state index is 4.69. The molecule has 2 atom stereocenters. The zero-order valence-corrected chi connectivity index (χ0v) is 13.2. The molecular formula is C17H29N3. The van der Waals surface area contributed by atoms with Gasteiger partial charge in [0.15, 0.2) is 0 Å². The van der Waals surface area contributed by atoms with E-state index in [0.717, 1.165) is 12.1 Å². The van der Waals surface area contributed by atoms with Crippen molar-refractivity contribution in [2.24, 2.45) is 0 Å². The van der Waals surface area contributed by atoms with Crippen LogP contribution >= 0.6 is 0 Å². The number of pyridine rings is 1. The van der Waals surface area contributed by atoms with Crippen molar-refractivity contribution in [1.82, 2.24) is 10.3 Å². The summed E-state index contributed by atoms with van der Waals surface area (Å²) in [4.78, 5) is 7.26. The van der Waals surface area contributed by atoms with Crippen molar-refractivity contribution >= 4 is 5.69 Å². The largest absolute Gasteiger partial charge is 0.367 e. The van der Waals surface area contributed by atoms with Crippen LogP contribution < -0.4 is 10.2 Å². The van der Waals surface area contributed by atoms with E-state index in [4.69, 9.17) is 4.98 Å². The van der Waals surface area contributed by atoms with Gasteiger partial charge in [-0.2, -0.15) is 0 Å². The third-order valence-electron chi connectivity index (χ3n) is 4.56. The van der Waals surface area contributed by atoms with Crippen molar-refractivity contribution in [3.63, 3.8) is 0 Å². The summed E-state index contributed by atoms with van der Waals surface area (Å²) in [5, 5.41) is 3.32. The van der Waals surface area contributed by atoms with Crippen LogP contribution in [-0.2, 0) is 0 Å². The van der Waals surface area contributed by atoms with Crippen LogP contribution in [0.1, 0.15) is 64.1 Å². The molecule has 0 bridgehead atoms. The SMILES string of the molecule is CCC(NC)c1ccc(N2CCCCCC2CC)cn1. The van der Waals surface area contributed by atoms with E-state index < -0.39 is 0 Å². The lowest BCUT2D eigenvalue weighted by molar-refractivity contribution is 0.551. The Morgan fingerprint density at radius 3 is 2.75 bits per heavy atom. The summed E-state index contributed by atoms with van der Waals surface area (Å²) in [5.74, 6) is 0. The molecule has 0 spiro atoms. The van der Waals surface area contributed by atoms with Gasteiger partial charge in [0.2, 0.25) is 0 Å². The Morgan fingerprint density at radius 2 is 2.15 bits per heavy atom. The molecule has 0 aliphatic carbocycles. The van der Waals surface area contributed by atoms with Gasteiger partial charge in [-0.15, -0.1) is 0 Å². The zero-order chi connectivity index (χ0) is 14.4. The van der Waals surface area contributed by atoms with Gasteiger partial charge in [-0.25, -0.2) is 0 Å². The topological polar surface area (TPSA) is 28.2 Å². The Morgan fingerprint density at radius 1 is 1.30 bits per heavy atom. The van der Waals surface area contributed by atoms with E-state index in [1.165, 1.54) is 44.3 Å². The summed E-state index contributed by atoms with van der Waals surface area (Å²) >= 11 is 0. The van der Waals surface area contributed by atoms with E-state index in [1.54, 1.807) is 0 Å². The van der Waals surface area contributed by atoms with Gasteiger partial charge in [0, 0.05) is 18.6 Å². The van der Waals surface area contributed by atoms with Gasteiger partial charge in [0.25, 0.3) is 0 Å². The minimum atomic E-state index is 0.371. The van der Waals surface area contributed by atoms with E-state index in [9.17, 15) is 0 Å². The van der Waals surface area contributed by atoms with Crippen LogP contribution in [-0.4, -0.2) is 24.6 Å². The van der Waals surface area contributed by atoms with E-state index >= 15 is 0 Å². The first-order chi connectivity index (χ1) is 9.80. The lowest BCUT2D eigenvalue weighted by Gasteiger charge is -2.31. The molecule has 1 aliphatic heterocycles. The minimum Gasteiger partial charge on any atom is -0.367 e. The predicted molar refractivity (Wildman–Crippen MR) is 86.2 cm³/mol. The second kappa shape index (κ2) is 7.63. The van der Waals surface area contributed by atoms with Gasteiger partial charge >= 0.3 is 0 Å². The van der Waals surface area contributed by atoms with Crippen molar-refractivity contribution < 1.29 is 0 Å². The van der Waals surface area contributed by atoms with Crippen LogP contribution in [0.2, 0.25) is 0 Å². The highest BCUT2D eigenvalue weighted by Crippen LogP contribution is 2.26. The van der Waals surface area contributed by atoms with Crippen LogP contribution in [0, 0.1) is 0 Å². The van der Waals surface area contributed by atoms with Gasteiger partial charge < -0.3 is 10.2 Å². The number of nitrogens with zero attached hydrogens (tertiary/aromatic N) is 2. The van der Waals surface area contributed by atoms with Crippen molar-refractivity contribution in [2.45, 2.75) is 64.5 Å². The monoisotopic (exact) mass is 275 g/mol. The van der Waals surface area contributed by atoms with Crippen molar-refractivity contribution in [2.75, 3.05) is 18.5 Å². The van der Waals surface area contributed by atoms with Crippen LogP contribution in [0.3, 0.4) is 0 Å². The Labute approximate surface area is 123 Å². The van der Waals surface area contributed by atoms with Crippen LogP contribution in [0.25, 0.3) is 0 Å². The first-order valence-electron chi connectivity index (χ1n) is 8.20. The lowest BCUT2D eigenvalue weighted by atomic mass is 10.1. The summed E-state index contributed by atoms with van der Waals surface area (Å²) in [6.07, 6.45) is 9.76. The quantitative estimate of drug-likeness (QED) is 0.883. The molecule has 3 nitrogen and oxygen atoms in total. The summed E-state index contributed by atoms with van der Waals surface area (Å²) in [6.45, 7) is 5.68. The fourth-order valence-corrected chi connectivity index (χ4v) is 3.28. The average Bonchev–Trinajstić information content (AvgIpc) is 2.74. The summed E-state index contributed by atoms with van der Waals surface area (Å²) in [5.41, 5.74) is 2.45. The Hall–Kier alpha value is -1.09. The molecule has 2 heterocycles. The fourth-order valence-electron chi connectivity index (χ4n) is 3.28. The van der Waals surface area contributed by atoms with Crippen LogP contribution in [0.4, 0.5) is 5.69 Å². The molecule has 2 rings (SSSR count). The van der Waals surface area contributed by atoms with E-state index in [2.05, 4.69) is 42.4 Å². The molecule has 0 saturated carbocycles. The molecule has 2 unspecified atom stereocenters. The van der Waals surface area contributed by atoms with Crippen molar-refractivity contribution in [3.8, 4) is 0 Å². The number of nitrogens with one attached hydrogen (secondary N) is 1. The fraction of sp³-hybridized carbons (Fsp3) is 0.706. The van der Waals surface area contributed by atoms with Gasteiger partial charge in [0.05, 0.1) is 17.6 Å². The second-order valence-electron chi connectivity index (χ2n) is 5.80. The molecule has 0 radical (unpaired) electrons. The molecule has 1 saturated heterocycles. The van der Waals surface area contributed by atoms with Gasteiger partial charge in [-0.05, 0) is 44.9 Å². The molecule has 1 aliphatic rings. The predicted octanol–water partition coefficient (Wildman–Crippen LogP) is 3.91.